The Labute approximate surface area is 182 Å². The molecule has 1 amide bonds. The number of hydrogen-bond acceptors (Lipinski definition) is 5. The van der Waals surface area contributed by atoms with Crippen molar-refractivity contribution in [1.82, 2.24) is 13.8 Å². The number of hydrogen-bond donors (Lipinski definition) is 0. The van der Waals surface area contributed by atoms with Crippen LogP contribution in [0.25, 0.3) is 10.9 Å². The number of fused-ring (bicyclic) bond motifs is 1. The van der Waals surface area contributed by atoms with Gasteiger partial charge in [-0.3, -0.25) is 4.79 Å². The molecule has 8 nitrogen and oxygen atoms in total. The van der Waals surface area contributed by atoms with Crippen LogP contribution in [0.3, 0.4) is 0 Å². The van der Waals surface area contributed by atoms with Crippen LogP contribution >= 0.6 is 0 Å². The van der Waals surface area contributed by atoms with Crippen molar-refractivity contribution in [3.05, 3.63) is 30.5 Å². The van der Waals surface area contributed by atoms with Crippen molar-refractivity contribution in [2.45, 2.75) is 49.3 Å². The Hall–Kier alpha value is -1.94. The number of amides is 1. The van der Waals surface area contributed by atoms with Gasteiger partial charge in [-0.05, 0) is 37.1 Å². The number of ether oxygens (including phenoxy) is 2. The van der Waals surface area contributed by atoms with Gasteiger partial charge < -0.3 is 18.9 Å². The van der Waals surface area contributed by atoms with Gasteiger partial charge in [-0.15, -0.1) is 0 Å². The van der Waals surface area contributed by atoms with Crippen molar-refractivity contribution in [3.8, 4) is 0 Å². The van der Waals surface area contributed by atoms with E-state index in [0.717, 1.165) is 30.2 Å². The number of nitrogens with zero attached hydrogens (tertiary/aromatic N) is 3. The summed E-state index contributed by atoms with van der Waals surface area (Å²) in [5.41, 5.74) is 0.863. The normalized spacial score (nSPS) is 22.4. The first-order valence-corrected chi connectivity index (χ1v) is 12.6. The van der Waals surface area contributed by atoms with Crippen LogP contribution in [-0.2, 0) is 30.8 Å². The zero-order chi connectivity index (χ0) is 21.5. The van der Waals surface area contributed by atoms with Gasteiger partial charge in [0.15, 0.2) is 5.79 Å². The Bertz CT molecular complexity index is 1060. The van der Waals surface area contributed by atoms with Gasteiger partial charge in [-0.25, -0.2) is 8.42 Å². The van der Waals surface area contributed by atoms with Gasteiger partial charge in [0, 0.05) is 56.1 Å². The lowest BCUT2D eigenvalue weighted by Gasteiger charge is -2.37. The molecule has 3 fully saturated rings. The minimum atomic E-state index is -3.47. The Kier molecular flexibility index (Phi) is 5.54. The molecule has 1 aromatic heterocycles. The topological polar surface area (TPSA) is 81.1 Å². The summed E-state index contributed by atoms with van der Waals surface area (Å²) in [6, 6.07) is 7.07. The highest BCUT2D eigenvalue weighted by atomic mass is 32.2. The molecule has 1 spiro atoms. The largest absolute Gasteiger partial charge is 0.347 e. The van der Waals surface area contributed by atoms with E-state index >= 15 is 0 Å². The van der Waals surface area contributed by atoms with Crippen molar-refractivity contribution in [3.63, 3.8) is 0 Å². The Morgan fingerprint density at radius 2 is 1.68 bits per heavy atom. The molecule has 4 heterocycles. The van der Waals surface area contributed by atoms with E-state index in [-0.39, 0.29) is 12.5 Å². The maximum atomic E-state index is 13.0. The van der Waals surface area contributed by atoms with Crippen LogP contribution in [0, 0.1) is 0 Å². The molecule has 2 aromatic rings. The molecule has 0 saturated carbocycles. The third kappa shape index (κ3) is 4.00. The van der Waals surface area contributed by atoms with Crippen molar-refractivity contribution >= 4 is 26.8 Å². The summed E-state index contributed by atoms with van der Waals surface area (Å²) in [5.74, 6) is -0.442. The van der Waals surface area contributed by atoms with Gasteiger partial charge in [0.25, 0.3) is 0 Å². The molecule has 0 atom stereocenters. The monoisotopic (exact) mass is 447 g/mol. The molecule has 1 aromatic carbocycles. The maximum Gasteiger partial charge on any atom is 0.243 e. The van der Waals surface area contributed by atoms with Gasteiger partial charge in [0.05, 0.1) is 18.1 Å². The van der Waals surface area contributed by atoms with Gasteiger partial charge in [0.2, 0.25) is 15.9 Å². The number of aromatic nitrogens is 1. The number of carbonyl (C=O) groups excluding carboxylic acids is 1. The molecule has 3 saturated heterocycles. The standard InChI is InChI=1S/C22H29N3O5S/c26-21(23-12-7-22(8-13-23)29-14-15-30-22)17-24-11-6-18-16-19(4-5-20(18)24)31(27,28)25-9-2-1-3-10-25/h4-6,11,16H,1-3,7-10,12-15,17H2. The molecule has 0 N–H and O–H groups in total. The van der Waals surface area contributed by atoms with Gasteiger partial charge in [-0.2, -0.15) is 4.31 Å². The van der Waals surface area contributed by atoms with Crippen molar-refractivity contribution in [2.24, 2.45) is 0 Å². The maximum absolute atomic E-state index is 13.0. The van der Waals surface area contributed by atoms with Crippen LogP contribution in [0.4, 0.5) is 0 Å². The van der Waals surface area contributed by atoms with Crippen molar-refractivity contribution in [2.75, 3.05) is 39.4 Å². The number of rotatable bonds is 4. The lowest BCUT2D eigenvalue weighted by atomic mass is 10.0. The van der Waals surface area contributed by atoms with E-state index in [2.05, 4.69) is 0 Å². The summed E-state index contributed by atoms with van der Waals surface area (Å²) in [5, 5.41) is 0.830. The molecule has 168 valence electrons. The highest BCUT2D eigenvalue weighted by Crippen LogP contribution is 2.31. The molecule has 0 bridgehead atoms. The zero-order valence-electron chi connectivity index (χ0n) is 17.7. The summed E-state index contributed by atoms with van der Waals surface area (Å²) in [6.45, 7) is 3.90. The fourth-order valence-electron chi connectivity index (χ4n) is 4.86. The van der Waals surface area contributed by atoms with E-state index < -0.39 is 15.8 Å². The van der Waals surface area contributed by atoms with Gasteiger partial charge in [0.1, 0.15) is 6.54 Å². The second kappa shape index (κ2) is 8.20. The summed E-state index contributed by atoms with van der Waals surface area (Å²) in [7, 11) is -3.47. The average molecular weight is 448 g/mol. The van der Waals surface area contributed by atoms with Crippen LogP contribution in [0.1, 0.15) is 32.1 Å². The van der Waals surface area contributed by atoms with Gasteiger partial charge >= 0.3 is 0 Å². The van der Waals surface area contributed by atoms with E-state index in [1.165, 1.54) is 0 Å². The first kappa shape index (κ1) is 20.9. The van der Waals surface area contributed by atoms with E-state index in [1.807, 2.05) is 27.8 Å². The lowest BCUT2D eigenvalue weighted by molar-refractivity contribution is -0.187. The van der Waals surface area contributed by atoms with Crippen LogP contribution in [0.5, 0.6) is 0 Å². The van der Waals surface area contributed by atoms with Crippen molar-refractivity contribution < 1.29 is 22.7 Å². The molecule has 0 aliphatic carbocycles. The Morgan fingerprint density at radius 1 is 0.968 bits per heavy atom. The summed E-state index contributed by atoms with van der Waals surface area (Å²) in [6.07, 6.45) is 6.16. The quantitative estimate of drug-likeness (QED) is 0.718. The molecule has 3 aliphatic heterocycles. The third-order valence-electron chi connectivity index (χ3n) is 6.69. The molecule has 31 heavy (non-hydrogen) atoms. The van der Waals surface area contributed by atoms with E-state index in [1.54, 1.807) is 16.4 Å². The number of benzene rings is 1. The van der Waals surface area contributed by atoms with Crippen molar-refractivity contribution in [1.29, 1.82) is 0 Å². The molecule has 5 rings (SSSR count). The highest BCUT2D eigenvalue weighted by Gasteiger charge is 2.40. The van der Waals surface area contributed by atoms with Crippen LogP contribution < -0.4 is 0 Å². The fourth-order valence-corrected chi connectivity index (χ4v) is 6.41. The molecule has 9 heteroatoms. The molecule has 0 radical (unpaired) electrons. The highest BCUT2D eigenvalue weighted by molar-refractivity contribution is 7.89. The number of piperidine rings is 2. The van der Waals surface area contributed by atoms with Gasteiger partial charge in [-0.1, -0.05) is 6.42 Å². The summed E-state index contributed by atoms with van der Waals surface area (Å²) in [4.78, 5) is 15.0. The average Bonchev–Trinajstić information content (AvgIpc) is 3.42. The summed E-state index contributed by atoms with van der Waals surface area (Å²) < 4.78 is 40.9. The van der Waals surface area contributed by atoms with Crippen LogP contribution in [0.2, 0.25) is 0 Å². The Morgan fingerprint density at radius 3 is 2.39 bits per heavy atom. The third-order valence-corrected chi connectivity index (χ3v) is 8.59. The van der Waals surface area contributed by atoms with Crippen LogP contribution in [0.15, 0.2) is 35.4 Å². The molecule has 3 aliphatic rings. The molecular formula is C22H29N3O5S. The SMILES string of the molecule is O=C(Cn1ccc2cc(S(=O)(=O)N3CCCCC3)ccc21)N1CCC2(CC1)OCCO2. The number of carbonyl (C=O) groups is 1. The second-order valence-corrected chi connectivity index (χ2v) is 10.6. The summed E-state index contributed by atoms with van der Waals surface area (Å²) >= 11 is 0. The molecular weight excluding hydrogens is 418 g/mol. The van der Waals surface area contributed by atoms with E-state index in [9.17, 15) is 13.2 Å². The zero-order valence-corrected chi connectivity index (χ0v) is 18.5. The minimum Gasteiger partial charge on any atom is -0.347 e. The van der Waals surface area contributed by atoms with E-state index in [0.29, 0.717) is 57.1 Å². The number of sulfonamides is 1. The fraction of sp³-hybridized carbons (Fsp3) is 0.591. The lowest BCUT2D eigenvalue weighted by Crippen LogP contribution is -2.48. The predicted molar refractivity (Wildman–Crippen MR) is 115 cm³/mol. The smallest absolute Gasteiger partial charge is 0.243 e. The number of likely N-dealkylation sites (tertiary alicyclic amines) is 1. The molecule has 0 unspecified atom stereocenters. The Balaban J connectivity index is 1.28. The first-order valence-electron chi connectivity index (χ1n) is 11.1. The predicted octanol–water partition coefficient (Wildman–Crippen LogP) is 2.18. The second-order valence-electron chi connectivity index (χ2n) is 8.62. The first-order chi connectivity index (χ1) is 15.0. The minimum absolute atomic E-state index is 0.0513. The van der Waals surface area contributed by atoms with Crippen LogP contribution in [-0.4, -0.2) is 73.3 Å². The van der Waals surface area contributed by atoms with E-state index in [4.69, 9.17) is 9.47 Å².